The van der Waals surface area contributed by atoms with Crippen molar-refractivity contribution >= 4 is 22.7 Å². The van der Waals surface area contributed by atoms with E-state index in [1.54, 1.807) is 19.1 Å². The van der Waals surface area contributed by atoms with Crippen molar-refractivity contribution in [3.05, 3.63) is 64.6 Å². The zero-order valence-corrected chi connectivity index (χ0v) is 16.1. The third-order valence-electron chi connectivity index (χ3n) is 5.09. The van der Waals surface area contributed by atoms with Gasteiger partial charge in [0.15, 0.2) is 11.6 Å². The highest BCUT2D eigenvalue weighted by molar-refractivity contribution is 6.05. The van der Waals surface area contributed by atoms with Gasteiger partial charge in [0.05, 0.1) is 11.4 Å². The number of aromatic hydroxyl groups is 1. The lowest BCUT2D eigenvalue weighted by atomic mass is 9.91. The maximum absolute atomic E-state index is 14.1. The van der Waals surface area contributed by atoms with E-state index in [1.165, 1.54) is 10.6 Å². The number of carbonyl (C=O) groups is 2. The third-order valence-corrected chi connectivity index (χ3v) is 5.09. The van der Waals surface area contributed by atoms with E-state index in [1.807, 2.05) is 26.0 Å². The molecule has 28 heavy (non-hydrogen) atoms. The van der Waals surface area contributed by atoms with Crippen molar-refractivity contribution in [1.29, 1.82) is 0 Å². The minimum Gasteiger partial charge on any atom is -0.505 e. The van der Waals surface area contributed by atoms with Crippen LogP contribution in [0.25, 0.3) is 10.9 Å². The fourth-order valence-corrected chi connectivity index (χ4v) is 3.69. The van der Waals surface area contributed by atoms with E-state index >= 15 is 0 Å². The number of primary amides is 1. The Kier molecular flexibility index (Phi) is 5.23. The summed E-state index contributed by atoms with van der Waals surface area (Å²) in [5, 5.41) is 10.3. The van der Waals surface area contributed by atoms with Crippen LogP contribution in [-0.4, -0.2) is 21.5 Å². The van der Waals surface area contributed by atoms with E-state index in [0.29, 0.717) is 40.6 Å². The molecular weight excluding hydrogens is 359 g/mol. The highest BCUT2D eigenvalue weighted by atomic mass is 19.1. The second-order valence-corrected chi connectivity index (χ2v) is 7.07. The fourth-order valence-electron chi connectivity index (χ4n) is 3.69. The summed E-state index contributed by atoms with van der Waals surface area (Å²) in [5.41, 5.74) is 8.45. The number of benzene rings is 2. The predicted molar refractivity (Wildman–Crippen MR) is 106 cm³/mol. The first kappa shape index (κ1) is 19.6. The van der Waals surface area contributed by atoms with Crippen molar-refractivity contribution in [3.8, 4) is 5.75 Å². The lowest BCUT2D eigenvalue weighted by Crippen LogP contribution is -2.22. The van der Waals surface area contributed by atoms with E-state index in [2.05, 4.69) is 0 Å². The van der Waals surface area contributed by atoms with Crippen LogP contribution in [0.4, 0.5) is 4.39 Å². The Morgan fingerprint density at radius 3 is 2.39 bits per heavy atom. The number of aryl methyl sites for hydroxylation is 1. The van der Waals surface area contributed by atoms with Gasteiger partial charge in [-0.1, -0.05) is 31.0 Å². The van der Waals surface area contributed by atoms with Crippen molar-refractivity contribution in [2.75, 3.05) is 0 Å². The molecule has 1 amide bonds. The second kappa shape index (κ2) is 7.46. The number of halogens is 1. The predicted octanol–water partition coefficient (Wildman–Crippen LogP) is 4.16. The molecule has 0 radical (unpaired) electrons. The summed E-state index contributed by atoms with van der Waals surface area (Å²) in [6.45, 7) is 5.56. The average Bonchev–Trinajstić information content (AvgIpc) is 2.91. The van der Waals surface area contributed by atoms with Gasteiger partial charge >= 0.3 is 0 Å². The molecule has 3 aromatic rings. The van der Waals surface area contributed by atoms with E-state index in [9.17, 15) is 19.1 Å². The van der Waals surface area contributed by atoms with Gasteiger partial charge in [0.1, 0.15) is 0 Å². The SMILES string of the molecule is CCCC(C(N)=O)c1c(C)n(C(=O)c2ccc(C)cc2)c2cc(F)c(O)cc12. The zero-order valence-electron chi connectivity index (χ0n) is 16.1. The molecule has 0 aliphatic carbocycles. The summed E-state index contributed by atoms with van der Waals surface area (Å²) in [5.74, 6) is -2.85. The van der Waals surface area contributed by atoms with Crippen LogP contribution >= 0.6 is 0 Å². The van der Waals surface area contributed by atoms with Gasteiger partial charge in [0.25, 0.3) is 5.91 Å². The third kappa shape index (κ3) is 3.26. The summed E-state index contributed by atoms with van der Waals surface area (Å²) in [7, 11) is 0. The molecule has 0 fully saturated rings. The van der Waals surface area contributed by atoms with Crippen molar-refractivity contribution < 1.29 is 19.1 Å². The summed E-state index contributed by atoms with van der Waals surface area (Å²) < 4.78 is 15.5. The number of rotatable bonds is 5. The van der Waals surface area contributed by atoms with E-state index in [0.717, 1.165) is 11.6 Å². The number of phenolic OH excluding ortho intramolecular Hbond substituents is 1. The molecule has 6 heteroatoms. The standard InChI is InChI=1S/C22H23FN2O3/c1-4-5-15(21(24)27)20-13(3)25(18-11-17(23)19(26)10-16(18)20)22(28)14-8-6-12(2)7-9-14/h6-11,15,26H,4-5H2,1-3H3,(H2,24,27). The Hall–Kier alpha value is -3.15. The van der Waals surface area contributed by atoms with Crippen LogP contribution in [0.2, 0.25) is 0 Å². The van der Waals surface area contributed by atoms with Crippen LogP contribution in [0.5, 0.6) is 5.75 Å². The van der Waals surface area contributed by atoms with E-state index in [4.69, 9.17) is 5.73 Å². The van der Waals surface area contributed by atoms with Crippen LogP contribution < -0.4 is 5.73 Å². The normalized spacial score (nSPS) is 12.3. The maximum atomic E-state index is 14.1. The molecule has 1 aromatic heterocycles. The van der Waals surface area contributed by atoms with Crippen molar-refractivity contribution in [3.63, 3.8) is 0 Å². The number of hydrogen-bond donors (Lipinski definition) is 2. The Morgan fingerprint density at radius 2 is 1.82 bits per heavy atom. The highest BCUT2D eigenvalue weighted by Gasteiger charge is 2.28. The highest BCUT2D eigenvalue weighted by Crippen LogP contribution is 2.37. The lowest BCUT2D eigenvalue weighted by Gasteiger charge is -2.14. The summed E-state index contributed by atoms with van der Waals surface area (Å²) >= 11 is 0. The van der Waals surface area contributed by atoms with Crippen LogP contribution in [-0.2, 0) is 4.79 Å². The maximum Gasteiger partial charge on any atom is 0.262 e. The van der Waals surface area contributed by atoms with Crippen molar-refractivity contribution in [2.45, 2.75) is 39.5 Å². The van der Waals surface area contributed by atoms with Crippen LogP contribution in [0, 0.1) is 19.7 Å². The molecule has 0 saturated carbocycles. The largest absolute Gasteiger partial charge is 0.505 e. The molecule has 0 spiro atoms. The molecule has 3 rings (SSSR count). The minimum atomic E-state index is -0.833. The number of carbonyl (C=O) groups excluding carboxylic acids is 2. The molecule has 0 saturated heterocycles. The average molecular weight is 382 g/mol. The van der Waals surface area contributed by atoms with Crippen LogP contribution in [0.1, 0.15) is 52.9 Å². The Balaban J connectivity index is 2.32. The number of amides is 1. The van der Waals surface area contributed by atoms with Gasteiger partial charge in [-0.25, -0.2) is 4.39 Å². The molecule has 1 heterocycles. The molecule has 1 atom stereocenters. The smallest absolute Gasteiger partial charge is 0.262 e. The Bertz CT molecular complexity index is 1070. The molecular formula is C22H23FN2O3. The van der Waals surface area contributed by atoms with Gasteiger partial charge in [-0.05, 0) is 44.0 Å². The van der Waals surface area contributed by atoms with E-state index < -0.39 is 23.4 Å². The number of fused-ring (bicyclic) bond motifs is 1. The van der Waals surface area contributed by atoms with E-state index in [-0.39, 0.29) is 5.91 Å². The van der Waals surface area contributed by atoms with Gasteiger partial charge in [-0.15, -0.1) is 0 Å². The van der Waals surface area contributed by atoms with Crippen molar-refractivity contribution in [2.24, 2.45) is 5.73 Å². The fraction of sp³-hybridized carbons (Fsp3) is 0.273. The molecule has 0 aliphatic rings. The monoisotopic (exact) mass is 382 g/mol. The minimum absolute atomic E-state index is 0.302. The quantitative estimate of drug-likeness (QED) is 0.695. The number of aromatic nitrogens is 1. The lowest BCUT2D eigenvalue weighted by molar-refractivity contribution is -0.119. The first-order valence-corrected chi connectivity index (χ1v) is 9.20. The van der Waals surface area contributed by atoms with Gasteiger partial charge in [-0.2, -0.15) is 0 Å². The molecule has 1 unspecified atom stereocenters. The van der Waals surface area contributed by atoms with Gasteiger partial charge < -0.3 is 10.8 Å². The van der Waals surface area contributed by atoms with Crippen LogP contribution in [0.15, 0.2) is 36.4 Å². The summed E-state index contributed by atoms with van der Waals surface area (Å²) in [4.78, 5) is 25.3. The topological polar surface area (TPSA) is 85.3 Å². The second-order valence-electron chi connectivity index (χ2n) is 7.07. The number of nitrogens with two attached hydrogens (primary N) is 1. The van der Waals surface area contributed by atoms with Crippen molar-refractivity contribution in [1.82, 2.24) is 4.57 Å². The number of nitrogens with zero attached hydrogens (tertiary/aromatic N) is 1. The molecule has 0 bridgehead atoms. The van der Waals surface area contributed by atoms with Gasteiger partial charge in [-0.3, -0.25) is 14.2 Å². The first-order valence-electron chi connectivity index (χ1n) is 9.20. The summed E-state index contributed by atoms with van der Waals surface area (Å²) in [6.07, 6.45) is 1.20. The zero-order chi connectivity index (χ0) is 20.6. The summed E-state index contributed by atoms with van der Waals surface area (Å²) in [6, 6.07) is 9.44. The molecule has 2 aromatic carbocycles. The molecule has 3 N–H and O–H groups in total. The number of hydrogen-bond acceptors (Lipinski definition) is 3. The molecule has 5 nitrogen and oxygen atoms in total. The Morgan fingerprint density at radius 1 is 1.18 bits per heavy atom. The number of phenols is 1. The Labute approximate surface area is 162 Å². The van der Waals surface area contributed by atoms with Gasteiger partial charge in [0.2, 0.25) is 5.91 Å². The molecule has 0 aliphatic heterocycles. The van der Waals surface area contributed by atoms with Gasteiger partial charge in [0, 0.05) is 22.7 Å². The first-order chi connectivity index (χ1) is 13.3. The molecule has 146 valence electrons. The van der Waals surface area contributed by atoms with Crippen LogP contribution in [0.3, 0.4) is 0 Å².